The summed E-state index contributed by atoms with van der Waals surface area (Å²) in [7, 11) is 0. The maximum atomic E-state index is 9.57. The highest BCUT2D eigenvalue weighted by molar-refractivity contribution is 5.26. The van der Waals surface area contributed by atoms with Gasteiger partial charge in [0.25, 0.3) is 0 Å². The fourth-order valence-electron chi connectivity index (χ4n) is 2.57. The predicted octanol–water partition coefficient (Wildman–Crippen LogP) is 2.92. The van der Waals surface area contributed by atoms with Crippen molar-refractivity contribution in [2.45, 2.75) is 46.1 Å². The fraction of sp³-hybridized carbons (Fsp3) is 0.647. The van der Waals surface area contributed by atoms with Gasteiger partial charge < -0.3 is 10.4 Å². The average Bonchev–Trinajstić information content (AvgIpc) is 3.15. The van der Waals surface area contributed by atoms with E-state index in [0.717, 1.165) is 13.0 Å². The van der Waals surface area contributed by atoms with Gasteiger partial charge in [-0.05, 0) is 55.6 Å². The summed E-state index contributed by atoms with van der Waals surface area (Å²) in [5.41, 5.74) is 3.18. The quantitative estimate of drug-likeness (QED) is 0.791. The molecule has 2 rings (SSSR count). The molecule has 1 fully saturated rings. The predicted molar refractivity (Wildman–Crippen MR) is 80.3 cm³/mol. The van der Waals surface area contributed by atoms with Gasteiger partial charge in [0.05, 0.1) is 0 Å². The van der Waals surface area contributed by atoms with Crippen LogP contribution in [-0.4, -0.2) is 24.3 Å². The van der Waals surface area contributed by atoms with E-state index in [2.05, 4.69) is 50.4 Å². The molecule has 2 atom stereocenters. The topological polar surface area (TPSA) is 32.3 Å². The largest absolute Gasteiger partial charge is 0.396 e. The maximum Gasteiger partial charge on any atom is 0.0474 e. The monoisotopic (exact) mass is 261 g/mol. The minimum atomic E-state index is 0.255. The van der Waals surface area contributed by atoms with Crippen molar-refractivity contribution in [3.63, 3.8) is 0 Å². The van der Waals surface area contributed by atoms with Crippen LogP contribution in [0.1, 0.15) is 37.8 Å². The Kier molecular flexibility index (Phi) is 4.64. The van der Waals surface area contributed by atoms with E-state index in [1.807, 2.05) is 0 Å². The fourth-order valence-corrected chi connectivity index (χ4v) is 2.57. The molecular weight excluding hydrogens is 234 g/mol. The van der Waals surface area contributed by atoms with Gasteiger partial charge in [0.15, 0.2) is 0 Å². The van der Waals surface area contributed by atoms with E-state index in [9.17, 15) is 5.11 Å². The summed E-state index contributed by atoms with van der Waals surface area (Å²) in [6, 6.07) is 9.02. The molecule has 0 spiro atoms. The molecule has 1 aromatic carbocycles. The molecule has 2 unspecified atom stereocenters. The lowest BCUT2D eigenvalue weighted by Crippen LogP contribution is -2.38. The number of aliphatic hydroxyl groups is 1. The Bertz CT molecular complexity index is 411. The molecule has 0 saturated heterocycles. The molecule has 0 heterocycles. The van der Waals surface area contributed by atoms with E-state index in [1.165, 1.54) is 24.0 Å². The third kappa shape index (κ3) is 3.80. The van der Waals surface area contributed by atoms with Crippen LogP contribution >= 0.6 is 0 Å². The Labute approximate surface area is 117 Å². The average molecular weight is 261 g/mol. The molecule has 2 N–H and O–H groups in total. The molecule has 1 aliphatic carbocycles. The lowest BCUT2D eigenvalue weighted by molar-refractivity contribution is 0.212. The van der Waals surface area contributed by atoms with Crippen molar-refractivity contribution in [3.8, 4) is 0 Å². The Balaban J connectivity index is 1.85. The van der Waals surface area contributed by atoms with Crippen LogP contribution in [0.2, 0.25) is 0 Å². The summed E-state index contributed by atoms with van der Waals surface area (Å²) >= 11 is 0. The zero-order valence-corrected chi connectivity index (χ0v) is 12.4. The normalized spacial score (nSPS) is 20.0. The van der Waals surface area contributed by atoms with Crippen LogP contribution in [0, 0.1) is 18.3 Å². The zero-order valence-electron chi connectivity index (χ0n) is 12.4. The molecule has 0 aromatic heterocycles. The lowest BCUT2D eigenvalue weighted by atomic mass is 9.95. The number of nitrogens with one attached hydrogen (secondary N) is 1. The molecule has 1 saturated carbocycles. The summed E-state index contributed by atoms with van der Waals surface area (Å²) in [5, 5.41) is 13.2. The van der Waals surface area contributed by atoms with Crippen LogP contribution in [-0.2, 0) is 6.42 Å². The van der Waals surface area contributed by atoms with Crippen LogP contribution in [0.15, 0.2) is 24.3 Å². The highest BCUT2D eigenvalue weighted by Crippen LogP contribution is 2.47. The Morgan fingerprint density at radius 3 is 2.58 bits per heavy atom. The SMILES string of the molecule is Cc1ccccc1CC(CO)CNC(C)C1(C)CC1. The van der Waals surface area contributed by atoms with Crippen molar-refractivity contribution in [2.24, 2.45) is 11.3 Å². The van der Waals surface area contributed by atoms with Crippen LogP contribution in [0.5, 0.6) is 0 Å². The molecule has 2 heteroatoms. The van der Waals surface area contributed by atoms with Gasteiger partial charge in [-0.1, -0.05) is 31.2 Å². The van der Waals surface area contributed by atoms with Gasteiger partial charge in [0, 0.05) is 19.2 Å². The molecule has 1 aliphatic rings. The molecule has 0 bridgehead atoms. The van der Waals surface area contributed by atoms with E-state index in [4.69, 9.17) is 0 Å². The Morgan fingerprint density at radius 1 is 1.32 bits per heavy atom. The second kappa shape index (κ2) is 6.06. The van der Waals surface area contributed by atoms with Gasteiger partial charge in [-0.15, -0.1) is 0 Å². The molecule has 19 heavy (non-hydrogen) atoms. The molecule has 0 aliphatic heterocycles. The summed E-state index contributed by atoms with van der Waals surface area (Å²) in [4.78, 5) is 0. The first-order chi connectivity index (χ1) is 9.05. The van der Waals surface area contributed by atoms with Crippen molar-refractivity contribution >= 4 is 0 Å². The summed E-state index contributed by atoms with van der Waals surface area (Å²) in [6.45, 7) is 7.92. The minimum absolute atomic E-state index is 0.255. The number of hydrogen-bond donors (Lipinski definition) is 2. The first kappa shape index (κ1) is 14.5. The maximum absolute atomic E-state index is 9.57. The standard InChI is InChI=1S/C17H27NO/c1-13-6-4-5-7-16(13)10-15(12-19)11-18-14(2)17(3)8-9-17/h4-7,14-15,18-19H,8-12H2,1-3H3. The minimum Gasteiger partial charge on any atom is -0.396 e. The second-order valence-electron chi connectivity index (χ2n) is 6.46. The van der Waals surface area contributed by atoms with E-state index in [0.29, 0.717) is 17.4 Å². The number of hydrogen-bond acceptors (Lipinski definition) is 2. The van der Waals surface area contributed by atoms with E-state index < -0.39 is 0 Å². The van der Waals surface area contributed by atoms with Crippen molar-refractivity contribution < 1.29 is 5.11 Å². The van der Waals surface area contributed by atoms with Crippen LogP contribution in [0.25, 0.3) is 0 Å². The number of aliphatic hydroxyl groups excluding tert-OH is 1. The van der Waals surface area contributed by atoms with Crippen LogP contribution in [0.4, 0.5) is 0 Å². The molecule has 2 nitrogen and oxygen atoms in total. The molecule has 0 amide bonds. The number of aryl methyl sites for hydroxylation is 1. The van der Waals surface area contributed by atoms with Gasteiger partial charge in [0.2, 0.25) is 0 Å². The second-order valence-corrected chi connectivity index (χ2v) is 6.46. The third-order valence-corrected chi connectivity index (χ3v) is 4.82. The molecular formula is C17H27NO. The highest BCUT2D eigenvalue weighted by Gasteiger charge is 2.42. The zero-order chi connectivity index (χ0) is 13.9. The molecule has 1 aromatic rings. The highest BCUT2D eigenvalue weighted by atomic mass is 16.3. The van der Waals surface area contributed by atoms with Crippen molar-refractivity contribution in [1.82, 2.24) is 5.32 Å². The van der Waals surface area contributed by atoms with Crippen molar-refractivity contribution in [3.05, 3.63) is 35.4 Å². The van der Waals surface area contributed by atoms with Gasteiger partial charge in [0.1, 0.15) is 0 Å². The molecule has 0 radical (unpaired) electrons. The summed E-state index contributed by atoms with van der Waals surface area (Å²) in [5.74, 6) is 0.311. The van der Waals surface area contributed by atoms with Crippen LogP contribution < -0.4 is 5.32 Å². The first-order valence-corrected chi connectivity index (χ1v) is 7.44. The molecule has 106 valence electrons. The van der Waals surface area contributed by atoms with Gasteiger partial charge in [-0.2, -0.15) is 0 Å². The summed E-state index contributed by atoms with van der Waals surface area (Å²) in [6.07, 6.45) is 3.63. The Morgan fingerprint density at radius 2 is 2.00 bits per heavy atom. The van der Waals surface area contributed by atoms with E-state index in [-0.39, 0.29) is 6.61 Å². The van der Waals surface area contributed by atoms with Gasteiger partial charge in [-0.25, -0.2) is 0 Å². The first-order valence-electron chi connectivity index (χ1n) is 7.44. The smallest absolute Gasteiger partial charge is 0.0474 e. The van der Waals surface area contributed by atoms with E-state index in [1.54, 1.807) is 0 Å². The van der Waals surface area contributed by atoms with Crippen molar-refractivity contribution in [1.29, 1.82) is 0 Å². The summed E-state index contributed by atoms with van der Waals surface area (Å²) < 4.78 is 0. The lowest BCUT2D eigenvalue weighted by Gasteiger charge is -2.24. The van der Waals surface area contributed by atoms with Crippen molar-refractivity contribution in [2.75, 3.05) is 13.2 Å². The van der Waals surface area contributed by atoms with E-state index >= 15 is 0 Å². The number of benzene rings is 1. The van der Waals surface area contributed by atoms with Gasteiger partial charge >= 0.3 is 0 Å². The third-order valence-electron chi connectivity index (χ3n) is 4.82. The van der Waals surface area contributed by atoms with Crippen LogP contribution in [0.3, 0.4) is 0 Å². The Hall–Kier alpha value is -0.860. The number of rotatable bonds is 7. The van der Waals surface area contributed by atoms with Gasteiger partial charge in [-0.3, -0.25) is 0 Å².